The molecule has 8 heteroatoms. The minimum Gasteiger partial charge on any atom is -0.497 e. The van der Waals surface area contributed by atoms with E-state index in [0.29, 0.717) is 11.4 Å². The summed E-state index contributed by atoms with van der Waals surface area (Å²) in [5.41, 5.74) is 3.87. The van der Waals surface area contributed by atoms with Crippen molar-refractivity contribution >= 4 is 23.2 Å². The molecule has 2 heterocycles. The van der Waals surface area contributed by atoms with Gasteiger partial charge in [0.1, 0.15) is 12.3 Å². The maximum Gasteiger partial charge on any atom is 0.246 e. The molecule has 0 saturated carbocycles. The minimum atomic E-state index is -0.273. The van der Waals surface area contributed by atoms with Crippen molar-refractivity contribution in [3.8, 4) is 5.75 Å². The molecule has 1 aromatic heterocycles. The zero-order valence-corrected chi connectivity index (χ0v) is 18.2. The van der Waals surface area contributed by atoms with Crippen molar-refractivity contribution in [1.82, 2.24) is 14.7 Å². The van der Waals surface area contributed by atoms with E-state index in [1.54, 1.807) is 43.8 Å². The summed E-state index contributed by atoms with van der Waals surface area (Å²) in [4.78, 5) is 27.2. The largest absolute Gasteiger partial charge is 0.497 e. The van der Waals surface area contributed by atoms with Crippen molar-refractivity contribution in [2.75, 3.05) is 24.3 Å². The standard InChI is InChI=1S/C24H27N5O3/c1-17(28-12-11-18-5-3-4-6-19(18)14-28)24(31)27-21-13-25-29(15-21)16-23(30)26-20-7-9-22(32-2)10-8-20/h3-10,13,15,17H,11-12,14,16H2,1-2H3,(H,26,30)(H,27,31). The first-order valence-electron chi connectivity index (χ1n) is 10.6. The van der Waals surface area contributed by atoms with Gasteiger partial charge in [-0.15, -0.1) is 0 Å². The molecule has 4 rings (SSSR count). The first kappa shape index (κ1) is 21.6. The van der Waals surface area contributed by atoms with Crippen LogP contribution >= 0.6 is 0 Å². The van der Waals surface area contributed by atoms with Crippen LogP contribution in [-0.2, 0) is 29.1 Å². The second-order valence-electron chi connectivity index (χ2n) is 7.86. The number of nitrogens with one attached hydrogen (secondary N) is 2. The van der Waals surface area contributed by atoms with E-state index >= 15 is 0 Å². The molecule has 8 nitrogen and oxygen atoms in total. The molecule has 1 aliphatic heterocycles. The van der Waals surface area contributed by atoms with Gasteiger partial charge in [0, 0.05) is 25.0 Å². The van der Waals surface area contributed by atoms with Crippen molar-refractivity contribution in [3.63, 3.8) is 0 Å². The number of hydrogen-bond acceptors (Lipinski definition) is 5. The number of carbonyl (C=O) groups is 2. The van der Waals surface area contributed by atoms with Gasteiger partial charge in [0.25, 0.3) is 0 Å². The highest BCUT2D eigenvalue weighted by atomic mass is 16.5. The van der Waals surface area contributed by atoms with Gasteiger partial charge in [-0.25, -0.2) is 0 Å². The Morgan fingerprint density at radius 2 is 1.81 bits per heavy atom. The van der Waals surface area contributed by atoms with Crippen LogP contribution in [0.3, 0.4) is 0 Å². The van der Waals surface area contributed by atoms with Gasteiger partial charge in [0.2, 0.25) is 11.8 Å². The first-order valence-corrected chi connectivity index (χ1v) is 10.6. The third kappa shape index (κ3) is 5.15. The maximum absolute atomic E-state index is 12.8. The molecule has 1 atom stereocenters. The van der Waals surface area contributed by atoms with Crippen molar-refractivity contribution in [2.24, 2.45) is 0 Å². The lowest BCUT2D eigenvalue weighted by Gasteiger charge is -2.32. The summed E-state index contributed by atoms with van der Waals surface area (Å²) in [6.07, 6.45) is 4.15. The Morgan fingerprint density at radius 1 is 1.06 bits per heavy atom. The minimum absolute atomic E-state index is 0.0420. The van der Waals surface area contributed by atoms with Gasteiger partial charge >= 0.3 is 0 Å². The Balaban J connectivity index is 1.29. The number of amides is 2. The number of benzene rings is 2. The van der Waals surface area contributed by atoms with E-state index < -0.39 is 0 Å². The summed E-state index contributed by atoms with van der Waals surface area (Å²) in [7, 11) is 1.59. The summed E-state index contributed by atoms with van der Waals surface area (Å²) in [6.45, 7) is 3.56. The van der Waals surface area contributed by atoms with Gasteiger partial charge in [-0.3, -0.25) is 19.2 Å². The lowest BCUT2D eigenvalue weighted by Crippen LogP contribution is -2.44. The van der Waals surface area contributed by atoms with Crippen molar-refractivity contribution in [1.29, 1.82) is 0 Å². The van der Waals surface area contributed by atoms with Crippen LogP contribution in [0.4, 0.5) is 11.4 Å². The van der Waals surface area contributed by atoms with Crippen LogP contribution in [0.15, 0.2) is 60.9 Å². The second-order valence-corrected chi connectivity index (χ2v) is 7.86. The number of anilines is 2. The smallest absolute Gasteiger partial charge is 0.246 e. The van der Waals surface area contributed by atoms with Crippen molar-refractivity contribution in [2.45, 2.75) is 32.5 Å². The third-order valence-electron chi connectivity index (χ3n) is 5.67. The van der Waals surface area contributed by atoms with E-state index in [1.807, 2.05) is 13.0 Å². The van der Waals surface area contributed by atoms with E-state index in [-0.39, 0.29) is 24.4 Å². The second kappa shape index (κ2) is 9.65. The summed E-state index contributed by atoms with van der Waals surface area (Å²) in [5, 5.41) is 9.91. The van der Waals surface area contributed by atoms with Gasteiger partial charge < -0.3 is 15.4 Å². The van der Waals surface area contributed by atoms with Crippen LogP contribution in [0.1, 0.15) is 18.1 Å². The van der Waals surface area contributed by atoms with Crippen molar-refractivity contribution < 1.29 is 14.3 Å². The van der Waals surface area contributed by atoms with Crippen LogP contribution in [0.25, 0.3) is 0 Å². The molecule has 0 spiro atoms. The fraction of sp³-hybridized carbons (Fsp3) is 0.292. The van der Waals surface area contributed by atoms with Crippen LogP contribution in [-0.4, -0.2) is 46.2 Å². The predicted octanol–water partition coefficient (Wildman–Crippen LogP) is 2.92. The molecule has 0 radical (unpaired) electrons. The summed E-state index contributed by atoms with van der Waals surface area (Å²) in [5.74, 6) is 0.418. The Hall–Kier alpha value is -3.65. The first-order chi connectivity index (χ1) is 15.5. The SMILES string of the molecule is COc1ccc(NC(=O)Cn2cc(NC(=O)C(C)N3CCc4ccccc4C3)cn2)cc1. The number of ether oxygens (including phenoxy) is 1. The highest BCUT2D eigenvalue weighted by Gasteiger charge is 2.25. The maximum atomic E-state index is 12.8. The number of hydrogen-bond donors (Lipinski definition) is 2. The normalized spacial score (nSPS) is 14.3. The molecule has 0 bridgehead atoms. The van der Waals surface area contributed by atoms with Gasteiger partial charge in [0.15, 0.2) is 0 Å². The van der Waals surface area contributed by atoms with Gasteiger partial charge in [0.05, 0.1) is 25.0 Å². The number of fused-ring (bicyclic) bond motifs is 1. The van der Waals surface area contributed by atoms with Crippen LogP contribution in [0.2, 0.25) is 0 Å². The zero-order valence-electron chi connectivity index (χ0n) is 18.2. The lowest BCUT2D eigenvalue weighted by molar-refractivity contribution is -0.121. The monoisotopic (exact) mass is 433 g/mol. The van der Waals surface area contributed by atoms with E-state index in [4.69, 9.17) is 4.74 Å². The molecule has 1 unspecified atom stereocenters. The van der Waals surface area contributed by atoms with Crippen LogP contribution in [0, 0.1) is 0 Å². The molecule has 0 fully saturated rings. The molecule has 1 aliphatic rings. The highest BCUT2D eigenvalue weighted by Crippen LogP contribution is 2.21. The molecule has 166 valence electrons. The number of methoxy groups -OCH3 is 1. The van der Waals surface area contributed by atoms with Crippen LogP contribution in [0.5, 0.6) is 5.75 Å². The Bertz CT molecular complexity index is 1090. The molecule has 0 saturated heterocycles. The molecular formula is C24H27N5O3. The summed E-state index contributed by atoms with van der Waals surface area (Å²) >= 11 is 0. The molecule has 2 aromatic carbocycles. The topological polar surface area (TPSA) is 88.5 Å². The summed E-state index contributed by atoms with van der Waals surface area (Å²) < 4.78 is 6.61. The van der Waals surface area contributed by atoms with E-state index in [2.05, 4.69) is 38.8 Å². The molecule has 0 aliphatic carbocycles. The Morgan fingerprint density at radius 3 is 2.56 bits per heavy atom. The van der Waals surface area contributed by atoms with E-state index in [0.717, 1.165) is 25.3 Å². The highest BCUT2D eigenvalue weighted by molar-refractivity contribution is 5.94. The average Bonchev–Trinajstić information content (AvgIpc) is 3.25. The quantitative estimate of drug-likeness (QED) is 0.598. The number of nitrogens with zero attached hydrogens (tertiary/aromatic N) is 3. The third-order valence-corrected chi connectivity index (χ3v) is 5.67. The van der Waals surface area contributed by atoms with E-state index in [9.17, 15) is 9.59 Å². The van der Waals surface area contributed by atoms with Crippen LogP contribution < -0.4 is 15.4 Å². The molecule has 2 N–H and O–H groups in total. The Kier molecular flexibility index (Phi) is 6.51. The number of aromatic nitrogens is 2. The predicted molar refractivity (Wildman–Crippen MR) is 122 cm³/mol. The fourth-order valence-electron chi connectivity index (χ4n) is 3.80. The van der Waals surface area contributed by atoms with E-state index in [1.165, 1.54) is 15.8 Å². The lowest BCUT2D eigenvalue weighted by atomic mass is 9.99. The molecular weight excluding hydrogens is 406 g/mol. The van der Waals surface area contributed by atoms with Gasteiger partial charge in [-0.2, -0.15) is 5.10 Å². The number of rotatable bonds is 7. The zero-order chi connectivity index (χ0) is 22.5. The molecule has 2 amide bonds. The van der Waals surface area contributed by atoms with Crippen molar-refractivity contribution in [3.05, 3.63) is 72.1 Å². The molecule has 32 heavy (non-hydrogen) atoms. The Labute approximate surface area is 187 Å². The van der Waals surface area contributed by atoms with Gasteiger partial charge in [-0.05, 0) is 48.7 Å². The number of carbonyl (C=O) groups excluding carboxylic acids is 2. The van der Waals surface area contributed by atoms with Gasteiger partial charge in [-0.1, -0.05) is 24.3 Å². The average molecular weight is 434 g/mol. The fourth-order valence-corrected chi connectivity index (χ4v) is 3.80. The summed E-state index contributed by atoms with van der Waals surface area (Å²) in [6, 6.07) is 15.2. The molecule has 3 aromatic rings.